The molecule has 2 amide bonds. The first-order valence-corrected chi connectivity index (χ1v) is 9.33. The van der Waals surface area contributed by atoms with Crippen LogP contribution < -0.4 is 4.90 Å². The number of hydrogen-bond acceptors (Lipinski definition) is 3. The zero-order valence-corrected chi connectivity index (χ0v) is 14.8. The molecule has 1 aliphatic heterocycles. The van der Waals surface area contributed by atoms with Crippen molar-refractivity contribution in [2.24, 2.45) is 0 Å². The van der Waals surface area contributed by atoms with E-state index in [2.05, 4.69) is 4.98 Å². The molecule has 0 unspecified atom stereocenters. The van der Waals surface area contributed by atoms with Gasteiger partial charge in [0, 0.05) is 49.2 Å². The van der Waals surface area contributed by atoms with Crippen molar-refractivity contribution in [1.29, 1.82) is 0 Å². The fourth-order valence-electron chi connectivity index (χ4n) is 3.47. The summed E-state index contributed by atoms with van der Waals surface area (Å²) in [5.41, 5.74) is 2.66. The van der Waals surface area contributed by atoms with Crippen molar-refractivity contribution in [2.75, 3.05) is 11.4 Å². The quantitative estimate of drug-likeness (QED) is 0.831. The summed E-state index contributed by atoms with van der Waals surface area (Å²) in [5.74, 6) is 0.230. The minimum absolute atomic E-state index is 0.0563. The number of anilines is 1. The first-order valence-electron chi connectivity index (χ1n) is 9.33. The van der Waals surface area contributed by atoms with E-state index in [0.29, 0.717) is 24.6 Å². The van der Waals surface area contributed by atoms with Crippen LogP contribution in [0, 0.1) is 0 Å². The molecule has 1 aromatic heterocycles. The van der Waals surface area contributed by atoms with Gasteiger partial charge in [-0.25, -0.2) is 0 Å². The number of carbonyl (C=O) groups excluding carboxylic acids is 2. The standard InChI is InChI=1S/C21H23N3O2/c25-20-3-1-2-14-23(20)18-6-4-17(5-7-18)21(26)24(19-8-9-19)15-16-10-12-22-13-11-16/h4-7,10-13,19H,1-3,8-9,14-15H2. The lowest BCUT2D eigenvalue weighted by atomic mass is 10.1. The molecule has 2 fully saturated rings. The van der Waals surface area contributed by atoms with E-state index in [4.69, 9.17) is 0 Å². The summed E-state index contributed by atoms with van der Waals surface area (Å²) >= 11 is 0. The van der Waals surface area contributed by atoms with E-state index in [0.717, 1.165) is 43.5 Å². The van der Waals surface area contributed by atoms with Crippen molar-refractivity contribution in [3.05, 3.63) is 59.9 Å². The molecule has 0 radical (unpaired) electrons. The van der Waals surface area contributed by atoms with Gasteiger partial charge in [0.2, 0.25) is 5.91 Å². The average Bonchev–Trinajstić information content (AvgIpc) is 3.52. The molecular formula is C21H23N3O2. The number of hydrogen-bond donors (Lipinski definition) is 0. The summed E-state index contributed by atoms with van der Waals surface area (Å²) in [5, 5.41) is 0. The van der Waals surface area contributed by atoms with E-state index in [1.807, 2.05) is 46.2 Å². The van der Waals surface area contributed by atoms with E-state index in [-0.39, 0.29) is 11.8 Å². The first-order chi connectivity index (χ1) is 12.7. The molecule has 2 heterocycles. The zero-order valence-electron chi connectivity index (χ0n) is 14.8. The predicted molar refractivity (Wildman–Crippen MR) is 99.8 cm³/mol. The number of rotatable bonds is 5. The van der Waals surface area contributed by atoms with Gasteiger partial charge in [0.15, 0.2) is 0 Å². The van der Waals surface area contributed by atoms with Crippen molar-refractivity contribution in [2.45, 2.75) is 44.7 Å². The van der Waals surface area contributed by atoms with Gasteiger partial charge in [-0.2, -0.15) is 0 Å². The Morgan fingerprint density at radius 1 is 1.08 bits per heavy atom. The molecule has 2 aromatic rings. The number of nitrogens with zero attached hydrogens (tertiary/aromatic N) is 3. The lowest BCUT2D eigenvalue weighted by molar-refractivity contribution is -0.119. The van der Waals surface area contributed by atoms with Crippen LogP contribution in [0.4, 0.5) is 5.69 Å². The fraction of sp³-hybridized carbons (Fsp3) is 0.381. The Labute approximate surface area is 153 Å². The molecule has 2 aliphatic rings. The van der Waals surface area contributed by atoms with Crippen LogP contribution in [0.1, 0.15) is 48.0 Å². The minimum atomic E-state index is 0.0563. The maximum atomic E-state index is 13.0. The number of carbonyl (C=O) groups is 2. The van der Waals surface area contributed by atoms with Gasteiger partial charge in [-0.1, -0.05) is 0 Å². The fourth-order valence-corrected chi connectivity index (χ4v) is 3.47. The zero-order chi connectivity index (χ0) is 17.9. The summed E-state index contributed by atoms with van der Waals surface area (Å²) < 4.78 is 0. The molecule has 0 N–H and O–H groups in total. The van der Waals surface area contributed by atoms with Gasteiger partial charge in [-0.15, -0.1) is 0 Å². The first kappa shape index (κ1) is 16.8. The molecule has 26 heavy (non-hydrogen) atoms. The van der Waals surface area contributed by atoms with Gasteiger partial charge in [0.25, 0.3) is 5.91 Å². The monoisotopic (exact) mass is 349 g/mol. The van der Waals surface area contributed by atoms with Crippen LogP contribution in [-0.4, -0.2) is 34.3 Å². The second-order valence-electron chi connectivity index (χ2n) is 7.07. The van der Waals surface area contributed by atoms with Gasteiger partial charge in [0.05, 0.1) is 0 Å². The molecule has 0 atom stereocenters. The van der Waals surface area contributed by atoms with Crippen LogP contribution in [0.5, 0.6) is 0 Å². The Hall–Kier alpha value is -2.69. The number of piperidine rings is 1. The topological polar surface area (TPSA) is 53.5 Å². The average molecular weight is 349 g/mol. The lowest BCUT2D eigenvalue weighted by Crippen LogP contribution is -2.35. The molecule has 1 saturated heterocycles. The molecule has 0 spiro atoms. The lowest BCUT2D eigenvalue weighted by Gasteiger charge is -2.27. The van der Waals surface area contributed by atoms with E-state index in [1.54, 1.807) is 12.4 Å². The molecule has 0 bridgehead atoms. The van der Waals surface area contributed by atoms with Crippen LogP contribution in [0.15, 0.2) is 48.8 Å². The second kappa shape index (κ2) is 7.28. The van der Waals surface area contributed by atoms with Gasteiger partial charge in [-0.3, -0.25) is 14.6 Å². The third-order valence-corrected chi connectivity index (χ3v) is 5.10. The normalized spacial score (nSPS) is 17.2. The minimum Gasteiger partial charge on any atom is -0.331 e. The number of pyridine rings is 1. The highest BCUT2D eigenvalue weighted by molar-refractivity contribution is 5.97. The Kier molecular flexibility index (Phi) is 4.69. The third-order valence-electron chi connectivity index (χ3n) is 5.10. The summed E-state index contributed by atoms with van der Waals surface area (Å²) in [4.78, 5) is 32.9. The Morgan fingerprint density at radius 3 is 2.46 bits per heavy atom. The van der Waals surface area contributed by atoms with Crippen molar-refractivity contribution in [3.63, 3.8) is 0 Å². The van der Waals surface area contributed by atoms with Gasteiger partial charge in [0.1, 0.15) is 0 Å². The van der Waals surface area contributed by atoms with Crippen LogP contribution in [0.3, 0.4) is 0 Å². The largest absolute Gasteiger partial charge is 0.331 e. The van der Waals surface area contributed by atoms with E-state index < -0.39 is 0 Å². The number of amides is 2. The van der Waals surface area contributed by atoms with Crippen LogP contribution in [0.25, 0.3) is 0 Å². The van der Waals surface area contributed by atoms with Crippen LogP contribution in [-0.2, 0) is 11.3 Å². The van der Waals surface area contributed by atoms with E-state index in [9.17, 15) is 9.59 Å². The summed E-state index contributed by atoms with van der Waals surface area (Å²) in [6.07, 6.45) is 8.27. The smallest absolute Gasteiger partial charge is 0.254 e. The highest BCUT2D eigenvalue weighted by atomic mass is 16.2. The summed E-state index contributed by atoms with van der Waals surface area (Å²) in [7, 11) is 0. The molecule has 1 saturated carbocycles. The van der Waals surface area contributed by atoms with E-state index in [1.165, 1.54) is 0 Å². The van der Waals surface area contributed by atoms with Crippen LogP contribution in [0.2, 0.25) is 0 Å². The molecule has 4 rings (SSSR count). The summed E-state index contributed by atoms with van der Waals surface area (Å²) in [6, 6.07) is 11.7. The molecular weight excluding hydrogens is 326 g/mol. The second-order valence-corrected chi connectivity index (χ2v) is 7.07. The molecule has 1 aliphatic carbocycles. The number of benzene rings is 1. The maximum absolute atomic E-state index is 13.0. The summed E-state index contributed by atoms with van der Waals surface area (Å²) in [6.45, 7) is 1.38. The van der Waals surface area contributed by atoms with Gasteiger partial charge in [-0.05, 0) is 67.6 Å². The Balaban J connectivity index is 1.50. The third kappa shape index (κ3) is 3.62. The van der Waals surface area contributed by atoms with Crippen molar-refractivity contribution >= 4 is 17.5 Å². The van der Waals surface area contributed by atoms with Gasteiger partial charge < -0.3 is 9.80 Å². The van der Waals surface area contributed by atoms with Crippen molar-refractivity contribution in [3.8, 4) is 0 Å². The van der Waals surface area contributed by atoms with Crippen molar-refractivity contribution < 1.29 is 9.59 Å². The SMILES string of the molecule is O=C1CCCCN1c1ccc(C(=O)N(Cc2ccncc2)C2CC2)cc1. The Bertz CT molecular complexity index is 785. The van der Waals surface area contributed by atoms with Crippen LogP contribution >= 0.6 is 0 Å². The van der Waals surface area contributed by atoms with Crippen molar-refractivity contribution in [1.82, 2.24) is 9.88 Å². The molecule has 5 nitrogen and oxygen atoms in total. The van der Waals surface area contributed by atoms with E-state index >= 15 is 0 Å². The predicted octanol–water partition coefficient (Wildman–Crippen LogP) is 3.40. The molecule has 134 valence electrons. The molecule has 5 heteroatoms. The maximum Gasteiger partial charge on any atom is 0.254 e. The Morgan fingerprint density at radius 2 is 1.81 bits per heavy atom. The highest BCUT2D eigenvalue weighted by Gasteiger charge is 2.33. The highest BCUT2D eigenvalue weighted by Crippen LogP contribution is 2.30. The van der Waals surface area contributed by atoms with Gasteiger partial charge >= 0.3 is 0 Å². The number of aromatic nitrogens is 1. The molecule has 1 aromatic carbocycles.